The van der Waals surface area contributed by atoms with E-state index in [1.54, 1.807) is 33.4 Å². The molecule has 0 spiro atoms. The number of sulfonamides is 1. The molecule has 1 aromatic heterocycles. The molecule has 2 N–H and O–H groups in total. The minimum Gasteiger partial charge on any atom is -0.493 e. The first kappa shape index (κ1) is 22.8. The summed E-state index contributed by atoms with van der Waals surface area (Å²) in [6.45, 7) is 2.23. The van der Waals surface area contributed by atoms with Crippen molar-refractivity contribution in [2.45, 2.75) is 19.8 Å². The molecule has 0 radical (unpaired) electrons. The number of rotatable bonds is 8. The summed E-state index contributed by atoms with van der Waals surface area (Å²) < 4.78 is 36.2. The molecule has 2 heterocycles. The molecular formula is C20H27N5O5S. The van der Waals surface area contributed by atoms with Crippen LogP contribution in [0.1, 0.15) is 25.3 Å². The van der Waals surface area contributed by atoms with Crippen molar-refractivity contribution in [3.63, 3.8) is 0 Å². The van der Waals surface area contributed by atoms with Gasteiger partial charge in [-0.1, -0.05) is 0 Å². The van der Waals surface area contributed by atoms with E-state index >= 15 is 0 Å². The largest absolute Gasteiger partial charge is 0.493 e. The summed E-state index contributed by atoms with van der Waals surface area (Å²) in [5.41, 5.74) is 4.72. The fraction of sp³-hybridized carbons (Fsp3) is 0.450. The predicted molar refractivity (Wildman–Crippen MR) is 117 cm³/mol. The number of methoxy groups -OCH3 is 2. The zero-order chi connectivity index (χ0) is 22.4. The second-order valence-corrected chi connectivity index (χ2v) is 9.36. The van der Waals surface area contributed by atoms with E-state index in [1.165, 1.54) is 10.5 Å². The zero-order valence-corrected chi connectivity index (χ0v) is 18.6. The van der Waals surface area contributed by atoms with Crippen molar-refractivity contribution < 1.29 is 22.7 Å². The Bertz CT molecular complexity index is 1050. The Morgan fingerprint density at radius 2 is 2.13 bits per heavy atom. The molecule has 1 aliphatic rings. The van der Waals surface area contributed by atoms with E-state index in [0.29, 0.717) is 42.1 Å². The zero-order valence-electron chi connectivity index (χ0n) is 17.8. The molecule has 31 heavy (non-hydrogen) atoms. The van der Waals surface area contributed by atoms with E-state index in [-0.39, 0.29) is 18.2 Å². The van der Waals surface area contributed by atoms with Crippen LogP contribution in [0.4, 0.5) is 0 Å². The summed E-state index contributed by atoms with van der Waals surface area (Å²) in [4.78, 5) is 12.5. The highest BCUT2D eigenvalue weighted by molar-refractivity contribution is 7.89. The molecule has 10 nitrogen and oxygen atoms in total. The smallest absolute Gasteiger partial charge is 0.244 e. The Hall–Kier alpha value is -2.92. The number of piperidine rings is 1. The molecule has 0 bridgehead atoms. The number of amides is 1. The molecule has 0 saturated carbocycles. The van der Waals surface area contributed by atoms with Gasteiger partial charge in [-0.15, -0.1) is 0 Å². The third kappa shape index (κ3) is 5.23. The Balaban J connectivity index is 1.68. The summed E-state index contributed by atoms with van der Waals surface area (Å²) in [7, 11) is -0.180. The molecule has 11 heteroatoms. The van der Waals surface area contributed by atoms with Crippen molar-refractivity contribution in [3.05, 3.63) is 30.0 Å². The highest BCUT2D eigenvalue weighted by Gasteiger charge is 2.31. The molecule has 1 atom stereocenters. The Labute approximate surface area is 181 Å². The van der Waals surface area contributed by atoms with Gasteiger partial charge in [0.25, 0.3) is 0 Å². The van der Waals surface area contributed by atoms with E-state index in [4.69, 9.17) is 9.47 Å². The van der Waals surface area contributed by atoms with Crippen molar-refractivity contribution in [1.29, 1.82) is 0 Å². The minimum atomic E-state index is -3.31. The maximum Gasteiger partial charge on any atom is 0.244 e. The van der Waals surface area contributed by atoms with Gasteiger partial charge in [-0.25, -0.2) is 18.1 Å². The minimum absolute atomic E-state index is 0.0267. The van der Waals surface area contributed by atoms with E-state index in [1.807, 2.05) is 12.1 Å². The first-order chi connectivity index (χ1) is 14.9. The molecule has 0 aliphatic carbocycles. The van der Waals surface area contributed by atoms with Gasteiger partial charge in [0.1, 0.15) is 0 Å². The van der Waals surface area contributed by atoms with Crippen LogP contribution in [0.3, 0.4) is 0 Å². The first-order valence-corrected chi connectivity index (χ1v) is 11.6. The standard InChI is InChI=1S/C20H27N5O5S/c1-4-31(27,28)25-9-5-6-15(13-25)20(26)24-22-12-16-11-21-23-19(16)14-7-8-17(29-2)18(10-14)30-3/h7-8,10-12,15H,4-6,9,13H2,1-3H3,(H,21,23)(H,24,26)/b22-12-/t15-/m0/s1. The molecule has 168 valence electrons. The van der Waals surface area contributed by atoms with Crippen LogP contribution in [0.2, 0.25) is 0 Å². The Kier molecular flexibility index (Phi) is 7.29. The maximum absolute atomic E-state index is 12.5. The number of H-pyrrole nitrogens is 1. The summed E-state index contributed by atoms with van der Waals surface area (Å²) in [5.74, 6) is 0.485. The van der Waals surface area contributed by atoms with Crippen molar-refractivity contribution >= 4 is 22.1 Å². The third-order valence-electron chi connectivity index (χ3n) is 5.23. The number of aromatic nitrogens is 2. The summed E-state index contributed by atoms with van der Waals surface area (Å²) in [6.07, 6.45) is 4.36. The van der Waals surface area contributed by atoms with Gasteiger partial charge in [0.05, 0.1) is 44.0 Å². The highest BCUT2D eigenvalue weighted by atomic mass is 32.2. The molecule has 1 amide bonds. The number of hydrogen-bond acceptors (Lipinski definition) is 7. The molecule has 3 rings (SSSR count). The van der Waals surface area contributed by atoms with Crippen molar-refractivity contribution in [3.8, 4) is 22.8 Å². The number of carbonyl (C=O) groups excluding carboxylic acids is 1. The highest BCUT2D eigenvalue weighted by Crippen LogP contribution is 2.32. The van der Waals surface area contributed by atoms with Crippen LogP contribution in [-0.2, 0) is 14.8 Å². The summed E-state index contributed by atoms with van der Waals surface area (Å²) in [5, 5.41) is 11.0. The van der Waals surface area contributed by atoms with Gasteiger partial charge in [-0.2, -0.15) is 10.2 Å². The number of nitrogens with zero attached hydrogens (tertiary/aromatic N) is 3. The van der Waals surface area contributed by atoms with Gasteiger partial charge >= 0.3 is 0 Å². The van der Waals surface area contributed by atoms with Gasteiger partial charge in [0.15, 0.2) is 11.5 Å². The third-order valence-corrected chi connectivity index (χ3v) is 7.08. The summed E-state index contributed by atoms with van der Waals surface area (Å²) >= 11 is 0. The Morgan fingerprint density at radius 3 is 2.84 bits per heavy atom. The topological polar surface area (TPSA) is 126 Å². The van der Waals surface area contributed by atoms with Crippen LogP contribution in [0.5, 0.6) is 11.5 Å². The average molecular weight is 450 g/mol. The number of ether oxygens (including phenoxy) is 2. The lowest BCUT2D eigenvalue weighted by Crippen LogP contribution is -2.45. The van der Waals surface area contributed by atoms with Crippen LogP contribution in [-0.4, -0.2) is 68.1 Å². The fourth-order valence-corrected chi connectivity index (χ4v) is 4.64. The average Bonchev–Trinajstić information content (AvgIpc) is 3.27. The first-order valence-electron chi connectivity index (χ1n) is 9.96. The lowest BCUT2D eigenvalue weighted by molar-refractivity contribution is -0.126. The van der Waals surface area contributed by atoms with E-state index in [2.05, 4.69) is 20.7 Å². The number of benzene rings is 1. The molecule has 1 aliphatic heterocycles. The van der Waals surface area contributed by atoms with Gasteiger partial charge in [-0.3, -0.25) is 9.89 Å². The quantitative estimate of drug-likeness (QED) is 0.466. The second-order valence-electron chi connectivity index (χ2n) is 7.10. The summed E-state index contributed by atoms with van der Waals surface area (Å²) in [6, 6.07) is 5.46. The van der Waals surface area contributed by atoms with Crippen molar-refractivity contribution in [1.82, 2.24) is 19.9 Å². The van der Waals surface area contributed by atoms with Crippen LogP contribution in [0.25, 0.3) is 11.3 Å². The monoisotopic (exact) mass is 449 g/mol. The normalized spacial score (nSPS) is 17.6. The van der Waals surface area contributed by atoms with Crippen LogP contribution < -0.4 is 14.9 Å². The molecule has 1 saturated heterocycles. The Morgan fingerprint density at radius 1 is 1.35 bits per heavy atom. The van der Waals surface area contributed by atoms with Gasteiger partial charge in [0.2, 0.25) is 15.9 Å². The van der Waals surface area contributed by atoms with Crippen LogP contribution in [0, 0.1) is 5.92 Å². The van der Waals surface area contributed by atoms with Gasteiger partial charge in [-0.05, 0) is 38.0 Å². The van der Waals surface area contributed by atoms with E-state index in [0.717, 1.165) is 5.56 Å². The number of aromatic amines is 1. The van der Waals surface area contributed by atoms with Crippen LogP contribution in [0.15, 0.2) is 29.5 Å². The fourth-order valence-electron chi connectivity index (χ4n) is 3.46. The number of nitrogens with one attached hydrogen (secondary N) is 2. The molecule has 0 unspecified atom stereocenters. The molecule has 1 fully saturated rings. The predicted octanol–water partition coefficient (Wildman–Crippen LogP) is 1.61. The number of hydrazone groups is 1. The SMILES string of the molecule is CCS(=O)(=O)N1CCC[C@H](C(=O)N/N=C\c2cn[nH]c2-c2ccc(OC)c(OC)c2)C1. The molecule has 2 aromatic rings. The van der Waals surface area contributed by atoms with Crippen molar-refractivity contribution in [2.75, 3.05) is 33.1 Å². The number of carbonyl (C=O) groups is 1. The van der Waals surface area contributed by atoms with Crippen molar-refractivity contribution in [2.24, 2.45) is 11.0 Å². The molecular weight excluding hydrogens is 422 g/mol. The molecule has 1 aromatic carbocycles. The van der Waals surface area contributed by atoms with E-state index < -0.39 is 15.9 Å². The lowest BCUT2D eigenvalue weighted by Gasteiger charge is -2.30. The maximum atomic E-state index is 12.5. The number of hydrogen-bond donors (Lipinski definition) is 2. The second kappa shape index (κ2) is 9.92. The van der Waals surface area contributed by atoms with E-state index in [9.17, 15) is 13.2 Å². The lowest BCUT2D eigenvalue weighted by atomic mass is 9.99. The van der Waals surface area contributed by atoms with Gasteiger partial charge < -0.3 is 9.47 Å². The van der Waals surface area contributed by atoms with Crippen LogP contribution >= 0.6 is 0 Å². The van der Waals surface area contributed by atoms with Gasteiger partial charge in [0, 0.05) is 24.2 Å².